The normalized spacial score (nSPS) is 10.1. The lowest BCUT2D eigenvalue weighted by molar-refractivity contribution is -0.596. The molecule has 0 saturated heterocycles. The molecule has 0 bridgehead atoms. The van der Waals surface area contributed by atoms with Crippen molar-refractivity contribution >= 4 is 0 Å². The maximum atomic E-state index is 2.21. The molecule has 0 atom stereocenters. The highest BCUT2D eigenvalue weighted by molar-refractivity contribution is 5.61. The average molecular weight is 437 g/mol. The Hall–Kier alpha value is -2.68. The van der Waals surface area contributed by atoms with Crippen molar-refractivity contribution < 1.29 is 33.9 Å². The van der Waals surface area contributed by atoms with Crippen molar-refractivity contribution in [2.75, 3.05) is 0 Å². The van der Waals surface area contributed by atoms with Crippen LogP contribution in [-0.4, -0.2) is 0 Å². The first-order valence-corrected chi connectivity index (χ1v) is 9.68. The SMILES string of the molecule is Cc1cc(C)cc(-[n+]2ccc(-c3cc[n+](-c4cc(C)cc(C)c4)cc3)cc2)c1.[Cl-].[Cl-]. The van der Waals surface area contributed by atoms with Crippen molar-refractivity contribution in [2.24, 2.45) is 0 Å². The van der Waals surface area contributed by atoms with Crippen LogP contribution in [0.15, 0.2) is 85.5 Å². The second-order valence-corrected chi connectivity index (χ2v) is 7.68. The summed E-state index contributed by atoms with van der Waals surface area (Å²) < 4.78 is 4.34. The third kappa shape index (κ3) is 5.27. The number of halogens is 2. The van der Waals surface area contributed by atoms with Crippen LogP contribution in [0.4, 0.5) is 0 Å². The third-order valence-electron chi connectivity index (χ3n) is 5.00. The minimum absolute atomic E-state index is 0. The summed E-state index contributed by atoms with van der Waals surface area (Å²) in [7, 11) is 0. The molecule has 0 spiro atoms. The van der Waals surface area contributed by atoms with Gasteiger partial charge in [0.25, 0.3) is 0 Å². The van der Waals surface area contributed by atoms with E-state index in [1.54, 1.807) is 0 Å². The van der Waals surface area contributed by atoms with Crippen molar-refractivity contribution in [3.8, 4) is 22.5 Å². The van der Waals surface area contributed by atoms with E-state index >= 15 is 0 Å². The topological polar surface area (TPSA) is 7.76 Å². The van der Waals surface area contributed by atoms with Crippen molar-refractivity contribution in [3.05, 3.63) is 108 Å². The van der Waals surface area contributed by atoms with Crippen molar-refractivity contribution in [1.82, 2.24) is 0 Å². The zero-order valence-corrected chi connectivity index (χ0v) is 19.2. The molecular formula is C26H26Cl2N2. The molecule has 0 saturated carbocycles. The lowest BCUT2D eigenvalue weighted by Crippen LogP contribution is -3.00. The van der Waals surface area contributed by atoms with Gasteiger partial charge < -0.3 is 24.8 Å². The lowest BCUT2D eigenvalue weighted by Gasteiger charge is -2.03. The van der Waals surface area contributed by atoms with E-state index < -0.39 is 0 Å². The third-order valence-corrected chi connectivity index (χ3v) is 5.00. The molecule has 0 amide bonds. The predicted octanol–water partition coefficient (Wildman–Crippen LogP) is -0.851. The molecule has 2 aromatic heterocycles. The van der Waals surface area contributed by atoms with E-state index in [0.717, 1.165) is 0 Å². The van der Waals surface area contributed by atoms with Gasteiger partial charge in [-0.2, -0.15) is 9.13 Å². The number of aryl methyl sites for hydroxylation is 4. The summed E-state index contributed by atoms with van der Waals surface area (Å²) in [6.07, 6.45) is 8.53. The summed E-state index contributed by atoms with van der Waals surface area (Å²) in [5.41, 5.74) is 9.96. The Morgan fingerprint density at radius 2 is 0.700 bits per heavy atom. The number of hydrogen-bond acceptors (Lipinski definition) is 0. The molecule has 0 unspecified atom stereocenters. The number of benzene rings is 2. The molecule has 2 aromatic carbocycles. The van der Waals surface area contributed by atoms with Crippen LogP contribution in [0.2, 0.25) is 0 Å². The van der Waals surface area contributed by atoms with Gasteiger partial charge in [-0.1, -0.05) is 12.1 Å². The van der Waals surface area contributed by atoms with E-state index in [-0.39, 0.29) is 24.8 Å². The largest absolute Gasteiger partial charge is 1.00 e. The number of hydrogen-bond donors (Lipinski definition) is 0. The molecule has 2 heterocycles. The van der Waals surface area contributed by atoms with E-state index in [4.69, 9.17) is 0 Å². The first-order chi connectivity index (χ1) is 13.5. The van der Waals surface area contributed by atoms with Gasteiger partial charge in [0.2, 0.25) is 11.4 Å². The molecule has 0 fully saturated rings. The maximum Gasteiger partial charge on any atom is 0.211 e. The van der Waals surface area contributed by atoms with Gasteiger partial charge in [0.15, 0.2) is 24.8 Å². The first-order valence-electron chi connectivity index (χ1n) is 9.68. The van der Waals surface area contributed by atoms with Crippen LogP contribution in [0, 0.1) is 27.7 Å². The van der Waals surface area contributed by atoms with Gasteiger partial charge in [0.05, 0.1) is 0 Å². The molecule has 154 valence electrons. The van der Waals surface area contributed by atoms with Crippen LogP contribution < -0.4 is 33.9 Å². The highest BCUT2D eigenvalue weighted by Gasteiger charge is 2.10. The lowest BCUT2D eigenvalue weighted by atomic mass is 10.1. The van der Waals surface area contributed by atoms with Crippen LogP contribution in [-0.2, 0) is 0 Å². The van der Waals surface area contributed by atoms with Crippen molar-refractivity contribution in [3.63, 3.8) is 0 Å². The van der Waals surface area contributed by atoms with Crippen LogP contribution in [0.3, 0.4) is 0 Å². The standard InChI is InChI=1S/C26H26N2.2ClH/c1-19-13-20(2)16-25(15-19)27-9-5-23(6-10-27)24-7-11-28(12-8-24)26-17-21(3)14-22(4)18-26;;/h5-18H,1-4H3;2*1H/q+2;;/p-2. The zero-order valence-electron chi connectivity index (χ0n) is 17.7. The Balaban J connectivity index is 0.00000160. The highest BCUT2D eigenvalue weighted by atomic mass is 35.5. The van der Waals surface area contributed by atoms with Gasteiger partial charge in [-0.05, 0) is 61.1 Å². The van der Waals surface area contributed by atoms with E-state index in [1.165, 1.54) is 44.8 Å². The summed E-state index contributed by atoms with van der Waals surface area (Å²) in [4.78, 5) is 0. The quantitative estimate of drug-likeness (QED) is 0.369. The van der Waals surface area contributed by atoms with Gasteiger partial charge in [0.1, 0.15) is 0 Å². The summed E-state index contributed by atoms with van der Waals surface area (Å²) in [6, 6.07) is 21.9. The Bertz CT molecular complexity index is 1000. The number of aromatic nitrogens is 2. The van der Waals surface area contributed by atoms with Gasteiger partial charge >= 0.3 is 0 Å². The maximum absolute atomic E-state index is 2.21. The second kappa shape index (κ2) is 9.88. The molecule has 4 rings (SSSR count). The smallest absolute Gasteiger partial charge is 0.211 e. The summed E-state index contributed by atoms with van der Waals surface area (Å²) in [5, 5.41) is 0. The number of rotatable bonds is 3. The number of pyridine rings is 2. The minimum Gasteiger partial charge on any atom is -1.00 e. The predicted molar refractivity (Wildman–Crippen MR) is 114 cm³/mol. The van der Waals surface area contributed by atoms with Gasteiger partial charge in [0, 0.05) is 48.5 Å². The van der Waals surface area contributed by atoms with Crippen LogP contribution in [0.5, 0.6) is 0 Å². The molecule has 30 heavy (non-hydrogen) atoms. The molecule has 0 aliphatic rings. The van der Waals surface area contributed by atoms with E-state index in [2.05, 4.69) is 122 Å². The molecule has 4 heteroatoms. The molecule has 0 aliphatic carbocycles. The fourth-order valence-electron chi connectivity index (χ4n) is 3.78. The number of nitrogens with zero attached hydrogens (tertiary/aromatic N) is 2. The molecular weight excluding hydrogens is 411 g/mol. The Kier molecular flexibility index (Phi) is 7.77. The molecule has 2 nitrogen and oxygen atoms in total. The van der Waals surface area contributed by atoms with E-state index in [0.29, 0.717) is 0 Å². The van der Waals surface area contributed by atoms with Crippen LogP contribution in [0.1, 0.15) is 22.3 Å². The van der Waals surface area contributed by atoms with E-state index in [1.807, 2.05) is 0 Å². The minimum atomic E-state index is 0. The summed E-state index contributed by atoms with van der Waals surface area (Å²) in [6.45, 7) is 8.56. The Morgan fingerprint density at radius 1 is 0.433 bits per heavy atom. The molecule has 0 N–H and O–H groups in total. The fraction of sp³-hybridized carbons (Fsp3) is 0.154. The highest BCUT2D eigenvalue weighted by Crippen LogP contribution is 2.17. The van der Waals surface area contributed by atoms with Gasteiger partial charge in [-0.25, -0.2) is 0 Å². The Morgan fingerprint density at radius 3 is 0.967 bits per heavy atom. The first kappa shape index (κ1) is 23.6. The summed E-state index contributed by atoms with van der Waals surface area (Å²) in [5.74, 6) is 0. The second-order valence-electron chi connectivity index (χ2n) is 7.68. The summed E-state index contributed by atoms with van der Waals surface area (Å²) >= 11 is 0. The molecule has 0 radical (unpaired) electrons. The van der Waals surface area contributed by atoms with Crippen molar-refractivity contribution in [2.45, 2.75) is 27.7 Å². The molecule has 4 aromatic rings. The Labute approximate surface area is 191 Å². The van der Waals surface area contributed by atoms with Crippen molar-refractivity contribution in [1.29, 1.82) is 0 Å². The molecule has 0 aliphatic heterocycles. The van der Waals surface area contributed by atoms with Crippen LogP contribution >= 0.6 is 0 Å². The van der Waals surface area contributed by atoms with Crippen LogP contribution in [0.25, 0.3) is 22.5 Å². The monoisotopic (exact) mass is 436 g/mol. The van der Waals surface area contributed by atoms with Gasteiger partial charge in [-0.3, -0.25) is 0 Å². The fourth-order valence-corrected chi connectivity index (χ4v) is 3.78. The zero-order chi connectivity index (χ0) is 19.7. The average Bonchev–Trinajstić information content (AvgIpc) is 2.67. The van der Waals surface area contributed by atoms with E-state index in [9.17, 15) is 0 Å². The van der Waals surface area contributed by atoms with Gasteiger partial charge in [-0.15, -0.1) is 0 Å².